The third-order valence-corrected chi connectivity index (χ3v) is 8.12. The lowest BCUT2D eigenvalue weighted by molar-refractivity contribution is 0.102. The topological polar surface area (TPSA) is 92.3 Å². The molecule has 0 aliphatic heterocycles. The van der Waals surface area contributed by atoms with Crippen molar-refractivity contribution >= 4 is 43.3 Å². The normalized spacial score (nSPS) is 11.7. The predicted molar refractivity (Wildman–Crippen MR) is 127 cm³/mol. The molecule has 0 radical (unpaired) electrons. The van der Waals surface area contributed by atoms with Gasteiger partial charge in [0.05, 0.1) is 15.1 Å². The summed E-state index contributed by atoms with van der Waals surface area (Å²) < 4.78 is 27.9. The van der Waals surface area contributed by atoms with Crippen LogP contribution in [-0.4, -0.2) is 41.7 Å². The van der Waals surface area contributed by atoms with E-state index in [-0.39, 0.29) is 10.5 Å². The molecule has 0 unspecified atom stereocenters. The molecule has 0 saturated carbocycles. The molecule has 4 rings (SSSR count). The summed E-state index contributed by atoms with van der Waals surface area (Å²) in [6.07, 6.45) is 1.66. The highest BCUT2D eigenvalue weighted by Crippen LogP contribution is 2.30. The van der Waals surface area contributed by atoms with Crippen LogP contribution in [0.1, 0.15) is 24.2 Å². The molecule has 2 heterocycles. The summed E-state index contributed by atoms with van der Waals surface area (Å²) in [7, 11) is -3.65. The van der Waals surface area contributed by atoms with Crippen molar-refractivity contribution < 1.29 is 13.2 Å². The van der Waals surface area contributed by atoms with E-state index in [1.807, 2.05) is 30.3 Å². The zero-order valence-corrected chi connectivity index (χ0v) is 19.3. The number of anilines is 1. The van der Waals surface area contributed by atoms with Crippen molar-refractivity contribution in [2.75, 3.05) is 18.4 Å². The third kappa shape index (κ3) is 4.40. The number of aromatic nitrogens is 2. The predicted octanol–water partition coefficient (Wildman–Crippen LogP) is 4.64. The van der Waals surface area contributed by atoms with Crippen LogP contribution < -0.4 is 5.32 Å². The van der Waals surface area contributed by atoms with Gasteiger partial charge in [-0.3, -0.25) is 4.79 Å². The largest absolute Gasteiger partial charge is 0.307 e. The monoisotopic (exact) mass is 466 g/mol. The zero-order chi connectivity index (χ0) is 22.7. The van der Waals surface area contributed by atoms with Crippen molar-refractivity contribution in [3.63, 3.8) is 0 Å². The molecule has 0 bridgehead atoms. The van der Waals surface area contributed by atoms with Gasteiger partial charge in [0.1, 0.15) is 10.8 Å². The molecule has 2 aromatic heterocycles. The summed E-state index contributed by atoms with van der Waals surface area (Å²) >= 11 is 1.58. The fraction of sp³-hybridized carbons (Fsp3) is 0.174. The molecule has 2 aromatic carbocycles. The number of fused-ring (bicyclic) bond motifs is 1. The number of benzene rings is 2. The van der Waals surface area contributed by atoms with E-state index in [9.17, 15) is 13.2 Å². The molecule has 0 fully saturated rings. The highest BCUT2D eigenvalue weighted by atomic mass is 32.2. The molecule has 9 heteroatoms. The second-order valence-corrected chi connectivity index (χ2v) is 9.96. The number of hydrogen-bond donors (Lipinski definition) is 1. The minimum atomic E-state index is -3.65. The minimum absolute atomic E-state index is 0.0907. The van der Waals surface area contributed by atoms with Crippen LogP contribution in [0.3, 0.4) is 0 Å². The number of carbonyl (C=O) groups is 1. The van der Waals surface area contributed by atoms with E-state index >= 15 is 0 Å². The fourth-order valence-corrected chi connectivity index (χ4v) is 5.75. The number of pyridine rings is 1. The van der Waals surface area contributed by atoms with Gasteiger partial charge in [0.2, 0.25) is 10.0 Å². The Bertz CT molecular complexity index is 1330. The van der Waals surface area contributed by atoms with Crippen LogP contribution in [-0.2, 0) is 10.0 Å². The Morgan fingerprint density at radius 2 is 1.81 bits per heavy atom. The summed E-state index contributed by atoms with van der Waals surface area (Å²) in [4.78, 5) is 21.7. The molecule has 0 aliphatic carbocycles. The van der Waals surface area contributed by atoms with Gasteiger partial charge >= 0.3 is 0 Å². The number of nitrogens with zero attached hydrogens (tertiary/aromatic N) is 3. The third-order valence-electron chi connectivity index (χ3n) is 4.99. The number of amides is 1. The second-order valence-electron chi connectivity index (χ2n) is 6.99. The number of thiazole rings is 1. The Labute approximate surface area is 190 Å². The molecule has 0 saturated heterocycles. The maximum absolute atomic E-state index is 12.7. The molecule has 4 aromatic rings. The number of nitrogens with one attached hydrogen (secondary N) is 1. The maximum atomic E-state index is 12.7. The smallest absolute Gasteiger partial charge is 0.256 e. The molecule has 7 nitrogen and oxygen atoms in total. The number of rotatable bonds is 7. The summed E-state index contributed by atoms with van der Waals surface area (Å²) in [5.41, 5.74) is 2.04. The fourth-order valence-electron chi connectivity index (χ4n) is 3.29. The highest BCUT2D eigenvalue weighted by molar-refractivity contribution is 7.89. The Morgan fingerprint density at radius 3 is 2.50 bits per heavy atom. The van der Waals surface area contributed by atoms with Gasteiger partial charge in [0.25, 0.3) is 5.91 Å². The molecule has 164 valence electrons. The molecular weight excluding hydrogens is 444 g/mol. The first-order valence-electron chi connectivity index (χ1n) is 10.2. The van der Waals surface area contributed by atoms with Crippen molar-refractivity contribution in [3.8, 4) is 10.6 Å². The quantitative estimate of drug-likeness (QED) is 0.428. The number of carbonyl (C=O) groups excluding carboxylic acids is 1. The van der Waals surface area contributed by atoms with E-state index < -0.39 is 15.9 Å². The van der Waals surface area contributed by atoms with Crippen LogP contribution in [0.25, 0.3) is 20.8 Å². The molecule has 1 N–H and O–H groups in total. The minimum Gasteiger partial charge on any atom is -0.307 e. The van der Waals surface area contributed by atoms with Crippen LogP contribution in [0.2, 0.25) is 0 Å². The Morgan fingerprint density at radius 1 is 1.03 bits per heavy atom. The van der Waals surface area contributed by atoms with Crippen molar-refractivity contribution in [2.24, 2.45) is 0 Å². The number of hydrogen-bond acceptors (Lipinski definition) is 6. The van der Waals surface area contributed by atoms with Gasteiger partial charge in [0.15, 0.2) is 0 Å². The van der Waals surface area contributed by atoms with Crippen LogP contribution in [0.4, 0.5) is 5.82 Å². The lowest BCUT2D eigenvalue weighted by Gasteiger charge is -2.18. The van der Waals surface area contributed by atoms with Crippen LogP contribution in [0.5, 0.6) is 0 Å². The van der Waals surface area contributed by atoms with Crippen molar-refractivity contribution in [1.82, 2.24) is 14.3 Å². The van der Waals surface area contributed by atoms with Gasteiger partial charge in [-0.1, -0.05) is 32.0 Å². The molecule has 0 atom stereocenters. The summed E-state index contributed by atoms with van der Waals surface area (Å²) in [5, 5.41) is 3.58. The first-order chi connectivity index (χ1) is 15.4. The van der Waals surface area contributed by atoms with Gasteiger partial charge < -0.3 is 5.32 Å². The molecular formula is C23H22N4O3S2. The lowest BCUT2D eigenvalue weighted by atomic mass is 10.2. The standard InChI is InChI=1S/C23H22N4O3S2/c1-3-27(4-2)32(29,30)18-9-7-8-16(14-18)22(28)26-21-13-12-17(15-24-21)23-25-19-10-5-6-11-20(19)31-23/h5-15H,3-4H2,1-2H3,(H,24,26,28). The Kier molecular flexibility index (Phi) is 6.31. The zero-order valence-electron chi connectivity index (χ0n) is 17.6. The average molecular weight is 467 g/mol. The van der Waals surface area contributed by atoms with E-state index in [4.69, 9.17) is 0 Å². The van der Waals surface area contributed by atoms with Crippen molar-refractivity contribution in [2.45, 2.75) is 18.7 Å². The van der Waals surface area contributed by atoms with Gasteiger partial charge in [-0.05, 0) is 42.5 Å². The van der Waals surface area contributed by atoms with Crippen LogP contribution >= 0.6 is 11.3 Å². The molecule has 32 heavy (non-hydrogen) atoms. The molecule has 1 amide bonds. The van der Waals surface area contributed by atoms with Gasteiger partial charge in [-0.2, -0.15) is 4.31 Å². The number of sulfonamides is 1. The van der Waals surface area contributed by atoms with Crippen molar-refractivity contribution in [3.05, 3.63) is 72.4 Å². The number of para-hydroxylation sites is 1. The van der Waals surface area contributed by atoms with E-state index in [2.05, 4.69) is 15.3 Å². The van der Waals surface area contributed by atoms with E-state index in [0.29, 0.717) is 18.9 Å². The molecule has 0 aliphatic rings. The van der Waals surface area contributed by atoms with Gasteiger partial charge in [0, 0.05) is 30.4 Å². The lowest BCUT2D eigenvalue weighted by Crippen LogP contribution is -2.30. The highest BCUT2D eigenvalue weighted by Gasteiger charge is 2.22. The first kappa shape index (κ1) is 22.1. The van der Waals surface area contributed by atoms with Gasteiger partial charge in [-0.25, -0.2) is 18.4 Å². The summed E-state index contributed by atoms with van der Waals surface area (Å²) in [6.45, 7) is 4.28. The summed E-state index contributed by atoms with van der Waals surface area (Å²) in [5.74, 6) is -0.0568. The molecule has 0 spiro atoms. The van der Waals surface area contributed by atoms with E-state index in [0.717, 1.165) is 20.8 Å². The van der Waals surface area contributed by atoms with E-state index in [1.165, 1.54) is 16.4 Å². The second kappa shape index (κ2) is 9.15. The Hall–Kier alpha value is -3.14. The van der Waals surface area contributed by atoms with Crippen molar-refractivity contribution in [1.29, 1.82) is 0 Å². The SMILES string of the molecule is CCN(CC)S(=O)(=O)c1cccc(C(=O)Nc2ccc(-c3nc4ccccc4s3)cn2)c1. The van der Waals surface area contributed by atoms with Crippen LogP contribution in [0, 0.1) is 0 Å². The maximum Gasteiger partial charge on any atom is 0.256 e. The first-order valence-corrected chi connectivity index (χ1v) is 12.4. The Balaban J connectivity index is 1.52. The summed E-state index contributed by atoms with van der Waals surface area (Å²) in [6, 6.07) is 17.5. The average Bonchev–Trinajstić information content (AvgIpc) is 3.24. The van der Waals surface area contributed by atoms with Crippen LogP contribution in [0.15, 0.2) is 71.8 Å². The van der Waals surface area contributed by atoms with E-state index in [1.54, 1.807) is 49.6 Å². The van der Waals surface area contributed by atoms with Gasteiger partial charge in [-0.15, -0.1) is 11.3 Å².